The zero-order valence-electron chi connectivity index (χ0n) is 9.60. The molecular weight excluding hydrogens is 220 g/mol. The van der Waals surface area contributed by atoms with E-state index in [1.807, 2.05) is 18.4 Å². The second-order valence-electron chi connectivity index (χ2n) is 3.63. The van der Waals surface area contributed by atoms with Crippen LogP contribution in [0.25, 0.3) is 0 Å². The number of nitrogens with zero attached hydrogens (tertiary/aromatic N) is 3. The van der Waals surface area contributed by atoms with E-state index in [1.165, 1.54) is 10.4 Å². The van der Waals surface area contributed by atoms with Crippen LogP contribution in [0.2, 0.25) is 0 Å². The Balaban J connectivity index is 1.87. The zero-order chi connectivity index (χ0) is 11.4. The highest BCUT2D eigenvalue weighted by molar-refractivity contribution is 7.10. The Labute approximate surface area is 99.3 Å². The molecule has 0 aliphatic heterocycles. The molecule has 2 rings (SSSR count). The number of nitrogens with one attached hydrogen (secondary N) is 1. The summed E-state index contributed by atoms with van der Waals surface area (Å²) in [4.78, 5) is 5.59. The Kier molecular flexibility index (Phi) is 3.69. The number of hydrogen-bond acceptors (Lipinski definition) is 4. The van der Waals surface area contributed by atoms with Gasteiger partial charge in [0.2, 0.25) is 0 Å². The minimum atomic E-state index is 0.761. The van der Waals surface area contributed by atoms with Crippen molar-refractivity contribution in [3.8, 4) is 0 Å². The third-order valence-electron chi connectivity index (χ3n) is 2.59. The minimum Gasteiger partial charge on any atom is -0.305 e. The molecule has 0 aliphatic rings. The van der Waals surface area contributed by atoms with E-state index in [4.69, 9.17) is 0 Å². The molecule has 0 saturated heterocycles. The lowest BCUT2D eigenvalue weighted by molar-refractivity contribution is 0.616. The molecule has 0 bridgehead atoms. The van der Waals surface area contributed by atoms with Gasteiger partial charge in [0.05, 0.1) is 6.54 Å². The summed E-state index contributed by atoms with van der Waals surface area (Å²) in [5.41, 5.74) is 1.44. The van der Waals surface area contributed by atoms with E-state index in [1.54, 1.807) is 11.0 Å². The molecule has 0 amide bonds. The molecule has 0 unspecified atom stereocenters. The average Bonchev–Trinajstić information content (AvgIpc) is 2.88. The fraction of sp³-hybridized carbons (Fsp3) is 0.455. The lowest BCUT2D eigenvalue weighted by Crippen LogP contribution is -2.16. The summed E-state index contributed by atoms with van der Waals surface area (Å²) in [6.45, 7) is 3.86. The van der Waals surface area contributed by atoms with Crippen molar-refractivity contribution in [3.63, 3.8) is 0 Å². The zero-order valence-corrected chi connectivity index (χ0v) is 10.4. The van der Waals surface area contributed by atoms with E-state index >= 15 is 0 Å². The van der Waals surface area contributed by atoms with Crippen molar-refractivity contribution in [3.05, 3.63) is 34.0 Å². The molecule has 0 aromatic carbocycles. The van der Waals surface area contributed by atoms with Gasteiger partial charge in [0.15, 0.2) is 0 Å². The summed E-state index contributed by atoms with van der Waals surface area (Å²) >= 11 is 1.81. The van der Waals surface area contributed by atoms with Crippen LogP contribution < -0.4 is 5.32 Å². The number of hydrogen-bond donors (Lipinski definition) is 1. The highest BCUT2D eigenvalue weighted by Crippen LogP contribution is 2.16. The fourth-order valence-electron chi connectivity index (χ4n) is 1.61. The minimum absolute atomic E-state index is 0.761. The maximum atomic E-state index is 4.17. The van der Waals surface area contributed by atoms with Crippen LogP contribution in [0, 0.1) is 0 Å². The molecule has 2 aromatic heterocycles. The molecule has 2 aromatic rings. The quantitative estimate of drug-likeness (QED) is 0.859. The van der Waals surface area contributed by atoms with Gasteiger partial charge in [-0.2, -0.15) is 5.10 Å². The van der Waals surface area contributed by atoms with E-state index in [9.17, 15) is 0 Å². The molecule has 5 heteroatoms. The molecule has 0 saturated carbocycles. The fourth-order valence-corrected chi connectivity index (χ4v) is 2.55. The summed E-state index contributed by atoms with van der Waals surface area (Å²) in [5.74, 6) is 0.967. The molecular formula is C11H16N4S. The van der Waals surface area contributed by atoms with Crippen molar-refractivity contribution in [1.29, 1.82) is 0 Å². The number of aryl methyl sites for hydroxylation is 2. The second-order valence-corrected chi connectivity index (χ2v) is 4.63. The number of aromatic nitrogens is 3. The van der Waals surface area contributed by atoms with Crippen molar-refractivity contribution in [2.75, 3.05) is 0 Å². The van der Waals surface area contributed by atoms with Gasteiger partial charge in [-0.3, -0.25) is 4.68 Å². The molecule has 1 N–H and O–H groups in total. The van der Waals surface area contributed by atoms with Crippen LogP contribution in [0.3, 0.4) is 0 Å². The van der Waals surface area contributed by atoms with Crippen molar-refractivity contribution in [1.82, 2.24) is 20.1 Å². The van der Waals surface area contributed by atoms with Gasteiger partial charge in [-0.05, 0) is 23.4 Å². The Morgan fingerprint density at radius 1 is 1.44 bits per heavy atom. The summed E-state index contributed by atoms with van der Waals surface area (Å²) in [7, 11) is 1.91. The Hall–Kier alpha value is -1.20. The number of rotatable bonds is 5. The standard InChI is InChI=1S/C11H16N4S/c1-3-9-4-5-16-10(9)6-12-7-11-13-8-14-15(11)2/h4-5,8,12H,3,6-7H2,1-2H3. The van der Waals surface area contributed by atoms with Gasteiger partial charge in [0.25, 0.3) is 0 Å². The lowest BCUT2D eigenvalue weighted by atomic mass is 10.2. The molecule has 16 heavy (non-hydrogen) atoms. The van der Waals surface area contributed by atoms with E-state index < -0.39 is 0 Å². The second kappa shape index (κ2) is 5.23. The largest absolute Gasteiger partial charge is 0.305 e. The average molecular weight is 236 g/mol. The number of thiophene rings is 1. The van der Waals surface area contributed by atoms with Crippen molar-refractivity contribution in [2.24, 2.45) is 7.05 Å². The summed E-state index contributed by atoms with van der Waals surface area (Å²) in [5, 5.41) is 9.58. The Bertz CT molecular complexity index is 446. The highest BCUT2D eigenvalue weighted by Gasteiger charge is 2.03. The summed E-state index contributed by atoms with van der Waals surface area (Å²) in [6.07, 6.45) is 2.68. The predicted molar refractivity (Wildman–Crippen MR) is 65.2 cm³/mol. The molecule has 0 radical (unpaired) electrons. The van der Waals surface area contributed by atoms with E-state index in [0.29, 0.717) is 0 Å². The SMILES string of the molecule is CCc1ccsc1CNCc1ncnn1C. The normalized spacial score (nSPS) is 10.9. The van der Waals surface area contributed by atoms with Gasteiger partial charge in [0, 0.05) is 18.5 Å². The Morgan fingerprint density at radius 3 is 3.00 bits per heavy atom. The summed E-state index contributed by atoms with van der Waals surface area (Å²) in [6, 6.07) is 2.20. The van der Waals surface area contributed by atoms with E-state index in [0.717, 1.165) is 25.3 Å². The van der Waals surface area contributed by atoms with Gasteiger partial charge >= 0.3 is 0 Å². The van der Waals surface area contributed by atoms with Gasteiger partial charge in [-0.25, -0.2) is 4.98 Å². The van der Waals surface area contributed by atoms with Gasteiger partial charge in [-0.15, -0.1) is 11.3 Å². The lowest BCUT2D eigenvalue weighted by Gasteiger charge is -2.04. The topological polar surface area (TPSA) is 42.7 Å². The third kappa shape index (κ3) is 2.48. The first-order valence-corrected chi connectivity index (χ1v) is 6.28. The van der Waals surface area contributed by atoms with Gasteiger partial charge in [-0.1, -0.05) is 6.92 Å². The maximum absolute atomic E-state index is 4.17. The smallest absolute Gasteiger partial charge is 0.140 e. The van der Waals surface area contributed by atoms with Crippen molar-refractivity contribution < 1.29 is 0 Å². The van der Waals surface area contributed by atoms with Gasteiger partial charge < -0.3 is 5.32 Å². The molecule has 2 heterocycles. The van der Waals surface area contributed by atoms with Crippen LogP contribution in [-0.2, 0) is 26.6 Å². The molecule has 0 aliphatic carbocycles. The van der Waals surface area contributed by atoms with Crippen LogP contribution in [0.15, 0.2) is 17.8 Å². The van der Waals surface area contributed by atoms with E-state index in [2.05, 4.69) is 33.8 Å². The monoisotopic (exact) mass is 236 g/mol. The van der Waals surface area contributed by atoms with Crippen LogP contribution >= 0.6 is 11.3 Å². The Morgan fingerprint density at radius 2 is 2.31 bits per heavy atom. The van der Waals surface area contributed by atoms with E-state index in [-0.39, 0.29) is 0 Å². The molecule has 0 fully saturated rings. The first-order valence-electron chi connectivity index (χ1n) is 5.40. The molecule has 86 valence electrons. The van der Waals surface area contributed by atoms with Crippen LogP contribution in [-0.4, -0.2) is 14.8 Å². The highest BCUT2D eigenvalue weighted by atomic mass is 32.1. The van der Waals surface area contributed by atoms with Crippen LogP contribution in [0.5, 0.6) is 0 Å². The van der Waals surface area contributed by atoms with Crippen molar-refractivity contribution >= 4 is 11.3 Å². The first-order chi connectivity index (χ1) is 7.81. The van der Waals surface area contributed by atoms with Crippen molar-refractivity contribution in [2.45, 2.75) is 26.4 Å². The predicted octanol–water partition coefficient (Wildman–Crippen LogP) is 1.73. The van der Waals surface area contributed by atoms with Gasteiger partial charge in [0.1, 0.15) is 12.2 Å². The molecule has 0 atom stereocenters. The van der Waals surface area contributed by atoms with Crippen LogP contribution in [0.4, 0.5) is 0 Å². The maximum Gasteiger partial charge on any atom is 0.140 e. The first kappa shape index (κ1) is 11.3. The molecule has 4 nitrogen and oxygen atoms in total. The summed E-state index contributed by atoms with van der Waals surface area (Å²) < 4.78 is 1.79. The molecule has 0 spiro atoms. The third-order valence-corrected chi connectivity index (χ3v) is 3.56. The van der Waals surface area contributed by atoms with Crippen LogP contribution in [0.1, 0.15) is 23.2 Å².